The zero-order chi connectivity index (χ0) is 14.8. The molecule has 1 aliphatic rings. The molecule has 1 aliphatic heterocycles. The van der Waals surface area contributed by atoms with Gasteiger partial charge in [0, 0.05) is 22.3 Å². The first-order valence-corrected chi connectivity index (χ1v) is 7.38. The third kappa shape index (κ3) is 2.97. The molecule has 2 N–H and O–H groups in total. The zero-order valence-electron chi connectivity index (χ0n) is 11.1. The number of rotatable bonds is 2. The molecule has 4 nitrogen and oxygen atoms in total. The quantitative estimate of drug-likeness (QED) is 0.875. The van der Waals surface area contributed by atoms with E-state index in [1.807, 2.05) is 48.5 Å². The first-order chi connectivity index (χ1) is 10.1. The van der Waals surface area contributed by atoms with Gasteiger partial charge in [-0.1, -0.05) is 40.2 Å². The Kier molecular flexibility index (Phi) is 3.75. The second-order valence-electron chi connectivity index (χ2n) is 4.89. The second kappa shape index (κ2) is 5.69. The van der Waals surface area contributed by atoms with Gasteiger partial charge in [0.15, 0.2) is 0 Å². The maximum Gasteiger partial charge on any atom is 0.232 e. The van der Waals surface area contributed by atoms with Crippen LogP contribution in [0, 0.1) is 0 Å². The summed E-state index contributed by atoms with van der Waals surface area (Å²) in [5, 5.41) is 5.66. The van der Waals surface area contributed by atoms with Crippen LogP contribution in [0.4, 0.5) is 11.4 Å². The number of hydrogen-bond acceptors (Lipinski definition) is 2. The van der Waals surface area contributed by atoms with Gasteiger partial charge >= 0.3 is 0 Å². The predicted molar refractivity (Wildman–Crippen MR) is 85.2 cm³/mol. The Hall–Kier alpha value is -2.14. The summed E-state index contributed by atoms with van der Waals surface area (Å²) in [5.41, 5.74) is 2.27. The number of fused-ring (bicyclic) bond motifs is 1. The van der Waals surface area contributed by atoms with Gasteiger partial charge in [0.2, 0.25) is 11.8 Å². The van der Waals surface area contributed by atoms with Crippen LogP contribution in [0.15, 0.2) is 53.0 Å². The van der Waals surface area contributed by atoms with Crippen LogP contribution in [0.2, 0.25) is 0 Å². The summed E-state index contributed by atoms with van der Waals surface area (Å²) < 4.78 is 0.891. The van der Waals surface area contributed by atoms with Crippen molar-refractivity contribution < 1.29 is 9.59 Å². The van der Waals surface area contributed by atoms with Gasteiger partial charge in [-0.2, -0.15) is 0 Å². The van der Waals surface area contributed by atoms with Crippen molar-refractivity contribution in [2.75, 3.05) is 10.6 Å². The number of hydrogen-bond donors (Lipinski definition) is 2. The number of carbonyl (C=O) groups is 2. The highest BCUT2D eigenvalue weighted by molar-refractivity contribution is 9.10. The second-order valence-corrected chi connectivity index (χ2v) is 5.81. The minimum absolute atomic E-state index is 0.136. The van der Waals surface area contributed by atoms with E-state index in [0.29, 0.717) is 11.4 Å². The van der Waals surface area contributed by atoms with Gasteiger partial charge in [0.05, 0.1) is 5.92 Å². The molecular formula is C16H13BrN2O2. The fourth-order valence-electron chi connectivity index (χ4n) is 2.44. The fraction of sp³-hybridized carbons (Fsp3) is 0.125. The van der Waals surface area contributed by atoms with Crippen LogP contribution in [0.25, 0.3) is 0 Å². The molecule has 0 aromatic heterocycles. The van der Waals surface area contributed by atoms with Gasteiger partial charge in [-0.05, 0) is 29.8 Å². The van der Waals surface area contributed by atoms with E-state index in [4.69, 9.17) is 0 Å². The van der Waals surface area contributed by atoms with Crippen LogP contribution in [-0.4, -0.2) is 11.8 Å². The number of nitrogens with one attached hydrogen (secondary N) is 2. The Morgan fingerprint density at radius 3 is 2.81 bits per heavy atom. The van der Waals surface area contributed by atoms with E-state index in [2.05, 4.69) is 26.6 Å². The minimum Gasteiger partial charge on any atom is -0.326 e. The highest BCUT2D eigenvalue weighted by Crippen LogP contribution is 2.32. The Balaban J connectivity index is 1.86. The summed E-state index contributed by atoms with van der Waals surface area (Å²) >= 11 is 3.37. The number of amides is 2. The van der Waals surface area contributed by atoms with Crippen molar-refractivity contribution in [2.45, 2.75) is 12.3 Å². The van der Waals surface area contributed by atoms with E-state index in [1.165, 1.54) is 0 Å². The monoisotopic (exact) mass is 344 g/mol. The molecular weight excluding hydrogens is 332 g/mol. The lowest BCUT2D eigenvalue weighted by molar-refractivity contribution is -0.123. The Labute approximate surface area is 130 Å². The molecule has 2 amide bonds. The molecule has 21 heavy (non-hydrogen) atoms. The molecule has 2 aromatic carbocycles. The van der Waals surface area contributed by atoms with Crippen LogP contribution in [0.1, 0.15) is 17.9 Å². The van der Waals surface area contributed by atoms with E-state index < -0.39 is 5.92 Å². The SMILES string of the molecule is O=C1C[C@@H](C(=O)Nc2cccc(Br)c2)c2ccccc2N1. The van der Waals surface area contributed by atoms with E-state index in [9.17, 15) is 9.59 Å². The largest absolute Gasteiger partial charge is 0.326 e. The number of carbonyl (C=O) groups excluding carboxylic acids is 2. The van der Waals surface area contributed by atoms with Gasteiger partial charge in [-0.15, -0.1) is 0 Å². The lowest BCUT2D eigenvalue weighted by atomic mass is 9.90. The molecule has 0 aliphatic carbocycles. The molecule has 0 spiro atoms. The molecule has 0 saturated heterocycles. The van der Waals surface area contributed by atoms with Gasteiger partial charge in [-0.25, -0.2) is 0 Å². The summed E-state index contributed by atoms with van der Waals surface area (Å²) in [7, 11) is 0. The lowest BCUT2D eigenvalue weighted by Gasteiger charge is -2.24. The Bertz CT molecular complexity index is 715. The maximum absolute atomic E-state index is 12.5. The zero-order valence-corrected chi connectivity index (χ0v) is 12.7. The number of benzene rings is 2. The first-order valence-electron chi connectivity index (χ1n) is 6.59. The average molecular weight is 345 g/mol. The van der Waals surface area contributed by atoms with Gasteiger partial charge in [0.1, 0.15) is 0 Å². The number of halogens is 1. The number of anilines is 2. The van der Waals surface area contributed by atoms with Crippen LogP contribution in [-0.2, 0) is 9.59 Å². The van der Waals surface area contributed by atoms with Gasteiger partial charge < -0.3 is 10.6 Å². The fourth-order valence-corrected chi connectivity index (χ4v) is 2.84. The normalized spacial score (nSPS) is 16.8. The molecule has 2 aromatic rings. The van der Waals surface area contributed by atoms with E-state index in [1.54, 1.807) is 0 Å². The summed E-state index contributed by atoms with van der Waals surface area (Å²) in [4.78, 5) is 24.2. The third-order valence-corrected chi connectivity index (χ3v) is 3.90. The first kappa shape index (κ1) is 13.8. The van der Waals surface area contributed by atoms with Crippen molar-refractivity contribution in [1.82, 2.24) is 0 Å². The third-order valence-electron chi connectivity index (χ3n) is 3.41. The summed E-state index contributed by atoms with van der Waals surface area (Å²) in [5.74, 6) is -0.771. The van der Waals surface area contributed by atoms with Gasteiger partial charge in [0.25, 0.3) is 0 Å². The summed E-state index contributed by atoms with van der Waals surface area (Å²) in [6.45, 7) is 0. The van der Waals surface area contributed by atoms with Gasteiger partial charge in [-0.3, -0.25) is 9.59 Å². The number of para-hydroxylation sites is 1. The van der Waals surface area contributed by atoms with E-state index in [-0.39, 0.29) is 18.2 Å². The molecule has 0 bridgehead atoms. The Morgan fingerprint density at radius 2 is 2.00 bits per heavy atom. The molecule has 0 unspecified atom stereocenters. The van der Waals surface area contributed by atoms with Crippen molar-refractivity contribution in [2.24, 2.45) is 0 Å². The van der Waals surface area contributed by atoms with Crippen molar-refractivity contribution in [1.29, 1.82) is 0 Å². The van der Waals surface area contributed by atoms with E-state index >= 15 is 0 Å². The molecule has 0 fully saturated rings. The minimum atomic E-state index is -0.464. The van der Waals surface area contributed by atoms with Crippen molar-refractivity contribution in [3.8, 4) is 0 Å². The smallest absolute Gasteiger partial charge is 0.232 e. The standard InChI is InChI=1S/C16H13BrN2O2/c17-10-4-3-5-11(8-10)18-16(21)13-9-15(20)19-14-7-2-1-6-12(13)14/h1-8,13H,9H2,(H,18,21)(H,19,20)/t13-/m1/s1. The molecule has 3 rings (SSSR count). The van der Waals surface area contributed by atoms with E-state index in [0.717, 1.165) is 10.0 Å². The average Bonchev–Trinajstić information content (AvgIpc) is 2.46. The topological polar surface area (TPSA) is 58.2 Å². The summed E-state index contributed by atoms with van der Waals surface area (Å²) in [6.07, 6.45) is 0.164. The van der Waals surface area contributed by atoms with Crippen molar-refractivity contribution in [3.05, 3.63) is 58.6 Å². The van der Waals surface area contributed by atoms with Crippen molar-refractivity contribution >= 4 is 39.1 Å². The maximum atomic E-state index is 12.5. The molecule has 1 atom stereocenters. The predicted octanol–water partition coefficient (Wildman–Crippen LogP) is 3.51. The Morgan fingerprint density at radius 1 is 1.19 bits per heavy atom. The van der Waals surface area contributed by atoms with Crippen LogP contribution >= 0.6 is 15.9 Å². The van der Waals surface area contributed by atoms with Crippen LogP contribution < -0.4 is 10.6 Å². The van der Waals surface area contributed by atoms with Crippen molar-refractivity contribution in [3.63, 3.8) is 0 Å². The highest BCUT2D eigenvalue weighted by atomic mass is 79.9. The molecule has 5 heteroatoms. The summed E-state index contributed by atoms with van der Waals surface area (Å²) in [6, 6.07) is 14.8. The van der Waals surface area contributed by atoms with Crippen LogP contribution in [0.3, 0.4) is 0 Å². The molecule has 1 heterocycles. The van der Waals surface area contributed by atoms with Crippen LogP contribution in [0.5, 0.6) is 0 Å². The highest BCUT2D eigenvalue weighted by Gasteiger charge is 2.30. The molecule has 0 saturated carbocycles. The lowest BCUT2D eigenvalue weighted by Crippen LogP contribution is -2.30. The molecule has 0 radical (unpaired) electrons. The molecule has 106 valence electrons.